The van der Waals surface area contributed by atoms with Crippen molar-refractivity contribution in [3.05, 3.63) is 78.4 Å². The topological polar surface area (TPSA) is 91.0 Å². The maximum atomic E-state index is 9.86. The van der Waals surface area contributed by atoms with Crippen LogP contribution in [0.1, 0.15) is 30.5 Å². The normalized spacial score (nSPS) is 16.6. The molecule has 1 aliphatic rings. The highest BCUT2D eigenvalue weighted by atomic mass is 16.5. The van der Waals surface area contributed by atoms with Crippen LogP contribution in [0.3, 0.4) is 0 Å². The molecule has 2 aromatic carbocycles. The summed E-state index contributed by atoms with van der Waals surface area (Å²) in [4.78, 5) is 6.34. The average molecular weight is 450 g/mol. The summed E-state index contributed by atoms with van der Waals surface area (Å²) in [5.74, 6) is 1.39. The zero-order valence-corrected chi connectivity index (χ0v) is 18.8. The van der Waals surface area contributed by atoms with Gasteiger partial charge < -0.3 is 24.6 Å². The minimum atomic E-state index is -0.701. The number of aliphatic hydroxyl groups excluding tert-OH is 3. The number of hydrogen-bond donors (Lipinski definition) is 3. The fourth-order valence-corrected chi connectivity index (χ4v) is 4.02. The van der Waals surface area contributed by atoms with Crippen LogP contribution in [-0.2, 0) is 0 Å². The molecule has 0 aliphatic carbocycles. The Balaban J connectivity index is 1.36. The summed E-state index contributed by atoms with van der Waals surface area (Å²) in [6.45, 7) is 4.18. The van der Waals surface area contributed by atoms with E-state index < -0.39 is 6.10 Å². The number of ether oxygens (including phenoxy) is 1. The van der Waals surface area contributed by atoms with E-state index in [9.17, 15) is 10.2 Å². The summed E-state index contributed by atoms with van der Waals surface area (Å²) in [5.41, 5.74) is 3.25. The van der Waals surface area contributed by atoms with Gasteiger partial charge in [-0.1, -0.05) is 48.6 Å². The van der Waals surface area contributed by atoms with Crippen LogP contribution in [-0.4, -0.2) is 68.7 Å². The first kappa shape index (κ1) is 23.2. The molecule has 7 heteroatoms. The minimum Gasteiger partial charge on any atom is -0.488 e. The molecule has 1 unspecified atom stereocenters. The molecule has 0 radical (unpaired) electrons. The van der Waals surface area contributed by atoms with E-state index in [1.165, 1.54) is 0 Å². The Bertz CT molecular complexity index is 1040. The number of rotatable bonds is 10. The lowest BCUT2D eigenvalue weighted by atomic mass is 10.0. The Labute approximate surface area is 194 Å². The quantitative estimate of drug-likeness (QED) is 0.441. The fraction of sp³-hybridized carbons (Fsp3) is 0.346. The lowest BCUT2D eigenvalue weighted by Gasteiger charge is -2.38. The van der Waals surface area contributed by atoms with Crippen molar-refractivity contribution in [2.45, 2.75) is 25.2 Å². The van der Waals surface area contributed by atoms with Crippen molar-refractivity contribution >= 4 is 6.08 Å². The van der Waals surface area contributed by atoms with Gasteiger partial charge in [0.05, 0.1) is 19.3 Å². The van der Waals surface area contributed by atoms with Gasteiger partial charge in [0.25, 0.3) is 0 Å². The van der Waals surface area contributed by atoms with Gasteiger partial charge >= 0.3 is 0 Å². The molecule has 1 saturated heterocycles. The zero-order valence-electron chi connectivity index (χ0n) is 18.8. The molecule has 2 heterocycles. The van der Waals surface area contributed by atoms with Crippen LogP contribution in [0, 0.1) is 0 Å². The summed E-state index contributed by atoms with van der Waals surface area (Å²) in [6, 6.07) is 16.0. The Morgan fingerprint density at radius 1 is 1.06 bits per heavy atom. The summed E-state index contributed by atoms with van der Waals surface area (Å²) in [6.07, 6.45) is 6.76. The van der Waals surface area contributed by atoms with Gasteiger partial charge in [-0.15, -0.1) is 0 Å². The second-order valence-electron chi connectivity index (χ2n) is 8.35. The maximum absolute atomic E-state index is 9.86. The number of benzene rings is 2. The fourth-order valence-electron chi connectivity index (χ4n) is 4.02. The SMILES string of the molecule is C[C@H](O)c1nccn1C(C=Cc1ccc(-c2ccc(OC3CN(CCO)C3)cc2)cc1)CO. The van der Waals surface area contributed by atoms with Gasteiger partial charge in [-0.25, -0.2) is 4.98 Å². The lowest BCUT2D eigenvalue weighted by Crippen LogP contribution is -2.54. The highest BCUT2D eigenvalue weighted by molar-refractivity contribution is 5.66. The van der Waals surface area contributed by atoms with Crippen molar-refractivity contribution in [1.29, 1.82) is 0 Å². The van der Waals surface area contributed by atoms with E-state index in [1.807, 2.05) is 36.4 Å². The van der Waals surface area contributed by atoms with E-state index in [1.54, 1.807) is 23.9 Å². The molecule has 174 valence electrons. The summed E-state index contributed by atoms with van der Waals surface area (Å²) >= 11 is 0. The zero-order chi connectivity index (χ0) is 23.2. The van der Waals surface area contributed by atoms with Gasteiger partial charge in [0, 0.05) is 32.0 Å². The van der Waals surface area contributed by atoms with E-state index in [4.69, 9.17) is 9.84 Å². The van der Waals surface area contributed by atoms with Crippen molar-refractivity contribution in [3.8, 4) is 16.9 Å². The molecule has 33 heavy (non-hydrogen) atoms. The van der Waals surface area contributed by atoms with Crippen molar-refractivity contribution < 1.29 is 20.1 Å². The third-order valence-electron chi connectivity index (χ3n) is 5.87. The third kappa shape index (κ3) is 5.69. The Morgan fingerprint density at radius 2 is 1.73 bits per heavy atom. The number of β-amino-alcohol motifs (C(OH)–C–C–N with tert-alkyl or cyclic N) is 1. The summed E-state index contributed by atoms with van der Waals surface area (Å²) in [5, 5.41) is 28.6. The number of nitrogens with zero attached hydrogens (tertiary/aromatic N) is 3. The summed E-state index contributed by atoms with van der Waals surface area (Å²) < 4.78 is 7.77. The van der Waals surface area contributed by atoms with Crippen LogP contribution in [0.2, 0.25) is 0 Å². The molecule has 1 aromatic heterocycles. The molecule has 0 amide bonds. The predicted octanol–water partition coefficient (Wildman–Crippen LogP) is 2.91. The smallest absolute Gasteiger partial charge is 0.137 e. The van der Waals surface area contributed by atoms with Gasteiger partial charge in [-0.05, 0) is 35.7 Å². The number of hydrogen-bond acceptors (Lipinski definition) is 6. The second kappa shape index (κ2) is 10.8. The monoisotopic (exact) mass is 449 g/mol. The van der Waals surface area contributed by atoms with Crippen LogP contribution in [0.15, 0.2) is 67.0 Å². The standard InChI is InChI=1S/C26H31N3O4/c1-19(32)26-27-12-13-29(26)23(18-31)9-4-20-2-5-21(6-3-20)22-7-10-24(11-8-22)33-25-16-28(17-25)14-15-30/h2-13,19,23,25,30-32H,14-18H2,1H3/t19-,23?/m0/s1. The van der Waals surface area contributed by atoms with Crippen LogP contribution in [0.5, 0.6) is 5.75 Å². The van der Waals surface area contributed by atoms with Gasteiger partial charge in [0.2, 0.25) is 0 Å². The first-order chi connectivity index (χ1) is 16.1. The van der Waals surface area contributed by atoms with Crippen LogP contribution >= 0.6 is 0 Å². The molecule has 0 spiro atoms. The molecular formula is C26H31N3O4. The molecule has 2 atom stereocenters. The second-order valence-corrected chi connectivity index (χ2v) is 8.35. The number of imidazole rings is 1. The average Bonchev–Trinajstić information content (AvgIpc) is 3.29. The van der Waals surface area contributed by atoms with Gasteiger partial charge in [-0.2, -0.15) is 0 Å². The molecule has 0 saturated carbocycles. The Hall–Kier alpha value is -2.97. The van der Waals surface area contributed by atoms with E-state index in [2.05, 4.69) is 34.1 Å². The van der Waals surface area contributed by atoms with Crippen LogP contribution < -0.4 is 4.74 Å². The van der Waals surface area contributed by atoms with Crippen LogP contribution in [0.25, 0.3) is 17.2 Å². The largest absolute Gasteiger partial charge is 0.488 e. The first-order valence-electron chi connectivity index (χ1n) is 11.3. The number of aliphatic hydroxyl groups is 3. The molecular weight excluding hydrogens is 418 g/mol. The lowest BCUT2D eigenvalue weighted by molar-refractivity contribution is 0.0107. The predicted molar refractivity (Wildman–Crippen MR) is 128 cm³/mol. The third-order valence-corrected chi connectivity index (χ3v) is 5.87. The van der Waals surface area contributed by atoms with Crippen molar-refractivity contribution in [1.82, 2.24) is 14.5 Å². The molecule has 7 nitrogen and oxygen atoms in total. The Morgan fingerprint density at radius 3 is 2.33 bits per heavy atom. The van der Waals surface area contributed by atoms with Crippen LogP contribution in [0.4, 0.5) is 0 Å². The van der Waals surface area contributed by atoms with E-state index in [0.717, 1.165) is 35.5 Å². The Kier molecular flexibility index (Phi) is 7.57. The van der Waals surface area contributed by atoms with E-state index >= 15 is 0 Å². The van der Waals surface area contributed by atoms with Crippen molar-refractivity contribution in [2.24, 2.45) is 0 Å². The van der Waals surface area contributed by atoms with Gasteiger partial charge in [0.1, 0.15) is 23.8 Å². The number of likely N-dealkylation sites (tertiary alicyclic amines) is 1. The number of aromatic nitrogens is 2. The van der Waals surface area contributed by atoms with Crippen molar-refractivity contribution in [3.63, 3.8) is 0 Å². The van der Waals surface area contributed by atoms with Gasteiger partial charge in [-0.3, -0.25) is 4.90 Å². The highest BCUT2D eigenvalue weighted by Gasteiger charge is 2.27. The molecule has 3 aromatic rings. The summed E-state index contributed by atoms with van der Waals surface area (Å²) in [7, 11) is 0. The highest BCUT2D eigenvalue weighted by Crippen LogP contribution is 2.25. The van der Waals surface area contributed by atoms with E-state index in [-0.39, 0.29) is 25.4 Å². The first-order valence-corrected chi connectivity index (χ1v) is 11.3. The molecule has 1 aliphatic heterocycles. The molecule has 3 N–H and O–H groups in total. The molecule has 4 rings (SSSR count). The van der Waals surface area contributed by atoms with Crippen molar-refractivity contribution in [2.75, 3.05) is 32.8 Å². The minimum absolute atomic E-state index is 0.0839. The van der Waals surface area contributed by atoms with Gasteiger partial charge in [0.15, 0.2) is 0 Å². The van der Waals surface area contributed by atoms with E-state index in [0.29, 0.717) is 12.4 Å². The molecule has 1 fully saturated rings. The molecule has 0 bridgehead atoms. The maximum Gasteiger partial charge on any atom is 0.137 e.